The molecule has 0 fully saturated rings. The first-order valence-corrected chi connectivity index (χ1v) is 9.07. The van der Waals surface area contributed by atoms with Crippen LogP contribution in [0.1, 0.15) is 16.7 Å². The Bertz CT molecular complexity index is 844. The normalized spacial score (nSPS) is 12.1. The van der Waals surface area contributed by atoms with Crippen LogP contribution in [0.25, 0.3) is 0 Å². The molecule has 2 aromatic rings. The van der Waals surface area contributed by atoms with Crippen LogP contribution in [0.5, 0.6) is 0 Å². The third-order valence-corrected chi connectivity index (χ3v) is 4.66. The maximum Gasteiger partial charge on any atom is 0.243 e. The highest BCUT2D eigenvalue weighted by molar-refractivity contribution is 14.0. The summed E-state index contributed by atoms with van der Waals surface area (Å²) < 4.78 is 39.7. The summed E-state index contributed by atoms with van der Waals surface area (Å²) >= 11 is 1.72. The van der Waals surface area contributed by atoms with Crippen LogP contribution in [0.4, 0.5) is 18.9 Å². The second kappa shape index (κ2) is 11.2. The van der Waals surface area contributed by atoms with E-state index in [-0.39, 0.29) is 36.6 Å². The zero-order valence-electron chi connectivity index (χ0n) is 15.6. The van der Waals surface area contributed by atoms with Gasteiger partial charge in [0.05, 0.1) is 12.2 Å². The van der Waals surface area contributed by atoms with Gasteiger partial charge in [-0.3, -0.25) is 9.79 Å². The van der Waals surface area contributed by atoms with Crippen molar-refractivity contribution in [1.29, 1.82) is 0 Å². The number of amides is 1. The first-order chi connectivity index (χ1) is 12.8. The number of anilines is 1. The van der Waals surface area contributed by atoms with E-state index >= 15 is 0 Å². The molecular formula is C18H22F3IN4OS. The van der Waals surface area contributed by atoms with Crippen LogP contribution >= 0.6 is 35.3 Å². The Morgan fingerprint density at radius 3 is 2.50 bits per heavy atom. The van der Waals surface area contributed by atoms with Gasteiger partial charge >= 0.3 is 0 Å². The van der Waals surface area contributed by atoms with E-state index in [4.69, 9.17) is 0 Å². The van der Waals surface area contributed by atoms with E-state index in [2.05, 4.69) is 33.1 Å². The number of carbonyl (C=O) groups excluding carboxylic acids is 1. The fraction of sp³-hybridized carbons (Fsp3) is 0.333. The van der Waals surface area contributed by atoms with Crippen molar-refractivity contribution in [2.45, 2.75) is 26.3 Å². The molecule has 154 valence electrons. The lowest BCUT2D eigenvalue weighted by Crippen LogP contribution is -2.45. The van der Waals surface area contributed by atoms with Crippen molar-refractivity contribution in [1.82, 2.24) is 10.6 Å². The molecule has 10 heteroatoms. The van der Waals surface area contributed by atoms with Gasteiger partial charge in [0, 0.05) is 29.3 Å². The number of aliphatic imine (C=N–C) groups is 1. The van der Waals surface area contributed by atoms with Crippen LogP contribution in [0.15, 0.2) is 29.3 Å². The third-order valence-electron chi connectivity index (χ3n) is 3.64. The molecule has 1 atom stereocenters. The molecular weight excluding hydrogens is 504 g/mol. The molecule has 28 heavy (non-hydrogen) atoms. The summed E-state index contributed by atoms with van der Waals surface area (Å²) in [5, 5.41) is 8.14. The van der Waals surface area contributed by atoms with Gasteiger partial charge in [0.2, 0.25) is 5.91 Å². The van der Waals surface area contributed by atoms with E-state index in [0.29, 0.717) is 5.96 Å². The predicted octanol–water partition coefficient (Wildman–Crippen LogP) is 3.83. The van der Waals surface area contributed by atoms with E-state index in [1.165, 1.54) is 9.75 Å². The topological polar surface area (TPSA) is 65.5 Å². The van der Waals surface area contributed by atoms with E-state index in [9.17, 15) is 18.0 Å². The van der Waals surface area contributed by atoms with Crippen molar-refractivity contribution in [3.05, 3.63) is 51.5 Å². The number of rotatable bonds is 6. The SMILES string of the molecule is CN=C(NCC(=O)Nc1ccc(F)c(F)c1F)NC(C)Cc1ccc(C)s1.I. The lowest BCUT2D eigenvalue weighted by Gasteiger charge is -2.17. The van der Waals surface area contributed by atoms with E-state index in [1.807, 2.05) is 13.8 Å². The average Bonchev–Trinajstić information content (AvgIpc) is 3.03. The van der Waals surface area contributed by atoms with Crippen molar-refractivity contribution >= 4 is 52.9 Å². The molecule has 0 saturated carbocycles. The zero-order chi connectivity index (χ0) is 20.0. The Morgan fingerprint density at radius 1 is 1.18 bits per heavy atom. The smallest absolute Gasteiger partial charge is 0.243 e. The molecule has 1 heterocycles. The molecule has 0 bridgehead atoms. The molecule has 1 amide bonds. The summed E-state index contributed by atoms with van der Waals surface area (Å²) in [7, 11) is 1.56. The number of hydrogen-bond acceptors (Lipinski definition) is 3. The fourth-order valence-electron chi connectivity index (χ4n) is 2.36. The predicted molar refractivity (Wildman–Crippen MR) is 117 cm³/mol. The van der Waals surface area contributed by atoms with Crippen molar-refractivity contribution in [2.24, 2.45) is 4.99 Å². The second-order valence-corrected chi connectivity index (χ2v) is 7.33. The lowest BCUT2D eigenvalue weighted by molar-refractivity contribution is -0.115. The highest BCUT2D eigenvalue weighted by Crippen LogP contribution is 2.19. The van der Waals surface area contributed by atoms with Crippen molar-refractivity contribution in [3.63, 3.8) is 0 Å². The number of aryl methyl sites for hydroxylation is 1. The molecule has 3 N–H and O–H groups in total. The highest BCUT2D eigenvalue weighted by Gasteiger charge is 2.15. The molecule has 0 radical (unpaired) electrons. The monoisotopic (exact) mass is 526 g/mol. The quantitative estimate of drug-likeness (QED) is 0.232. The number of nitrogens with one attached hydrogen (secondary N) is 3. The van der Waals surface area contributed by atoms with E-state index < -0.39 is 29.0 Å². The Labute approximate surface area is 182 Å². The number of benzene rings is 1. The Hall–Kier alpha value is -1.82. The van der Waals surface area contributed by atoms with E-state index in [0.717, 1.165) is 18.6 Å². The van der Waals surface area contributed by atoms with Crippen LogP contribution in [0.3, 0.4) is 0 Å². The second-order valence-electron chi connectivity index (χ2n) is 5.96. The molecule has 0 spiro atoms. The number of halogens is 4. The number of nitrogens with zero attached hydrogens (tertiary/aromatic N) is 1. The van der Waals surface area contributed by atoms with Crippen LogP contribution in [0, 0.1) is 24.4 Å². The van der Waals surface area contributed by atoms with Gasteiger partial charge in [0.25, 0.3) is 0 Å². The first-order valence-electron chi connectivity index (χ1n) is 8.26. The molecule has 1 aromatic heterocycles. The minimum atomic E-state index is -1.63. The summed E-state index contributed by atoms with van der Waals surface area (Å²) in [6, 6.07) is 5.90. The number of carbonyl (C=O) groups is 1. The minimum absolute atomic E-state index is 0. The zero-order valence-corrected chi connectivity index (χ0v) is 18.8. The number of guanidine groups is 1. The Morgan fingerprint density at radius 2 is 1.89 bits per heavy atom. The van der Waals surface area contributed by atoms with Crippen LogP contribution in [-0.2, 0) is 11.2 Å². The van der Waals surface area contributed by atoms with Crippen LogP contribution in [-0.4, -0.2) is 31.5 Å². The molecule has 5 nitrogen and oxygen atoms in total. The summed E-state index contributed by atoms with van der Waals surface area (Å²) in [5.74, 6) is -4.61. The van der Waals surface area contributed by atoms with Gasteiger partial charge in [-0.2, -0.15) is 0 Å². The van der Waals surface area contributed by atoms with Crippen LogP contribution in [0.2, 0.25) is 0 Å². The van der Waals surface area contributed by atoms with Gasteiger partial charge < -0.3 is 16.0 Å². The molecule has 1 aromatic carbocycles. The van der Waals surface area contributed by atoms with Crippen molar-refractivity contribution in [2.75, 3.05) is 18.9 Å². The fourth-order valence-corrected chi connectivity index (χ4v) is 3.38. The third kappa shape index (κ3) is 6.97. The van der Waals surface area contributed by atoms with Gasteiger partial charge in [0.1, 0.15) is 0 Å². The Kier molecular flexibility index (Phi) is 9.73. The summed E-state index contributed by atoms with van der Waals surface area (Å²) in [6.07, 6.45) is 0.797. The lowest BCUT2D eigenvalue weighted by atomic mass is 10.2. The minimum Gasteiger partial charge on any atom is -0.354 e. The highest BCUT2D eigenvalue weighted by atomic mass is 127. The standard InChI is InChI=1S/C18H21F3N4OS.HI/c1-10(8-12-5-4-11(2)27-12)24-18(22-3)23-9-15(26)25-14-7-6-13(19)16(20)17(14)21;/h4-7,10H,8-9H2,1-3H3,(H,25,26)(H2,22,23,24);1H. The molecule has 1 unspecified atom stereocenters. The molecule has 0 saturated heterocycles. The van der Waals surface area contributed by atoms with Gasteiger partial charge in [0.15, 0.2) is 23.4 Å². The number of thiophene rings is 1. The molecule has 0 aliphatic rings. The van der Waals surface area contributed by atoms with Gasteiger partial charge in [-0.1, -0.05) is 0 Å². The summed E-state index contributed by atoms with van der Waals surface area (Å²) in [5.41, 5.74) is -0.426. The van der Waals surface area contributed by atoms with Crippen molar-refractivity contribution in [3.8, 4) is 0 Å². The largest absolute Gasteiger partial charge is 0.354 e. The average molecular weight is 526 g/mol. The summed E-state index contributed by atoms with van der Waals surface area (Å²) in [6.45, 7) is 3.81. The van der Waals surface area contributed by atoms with Gasteiger partial charge in [-0.05, 0) is 38.1 Å². The molecule has 0 aliphatic heterocycles. The van der Waals surface area contributed by atoms with Crippen LogP contribution < -0.4 is 16.0 Å². The number of hydrogen-bond donors (Lipinski definition) is 3. The Balaban J connectivity index is 0.00000392. The van der Waals surface area contributed by atoms with Gasteiger partial charge in [-0.15, -0.1) is 35.3 Å². The summed E-state index contributed by atoms with van der Waals surface area (Å²) in [4.78, 5) is 18.4. The maximum absolute atomic E-state index is 13.6. The van der Waals surface area contributed by atoms with E-state index in [1.54, 1.807) is 18.4 Å². The molecule has 2 rings (SSSR count). The maximum atomic E-state index is 13.6. The van der Waals surface area contributed by atoms with Crippen molar-refractivity contribution < 1.29 is 18.0 Å². The van der Waals surface area contributed by atoms with Gasteiger partial charge in [-0.25, -0.2) is 13.2 Å². The molecule has 0 aliphatic carbocycles. The first kappa shape index (κ1) is 24.2.